The van der Waals surface area contributed by atoms with Crippen LogP contribution in [0.5, 0.6) is 0 Å². The van der Waals surface area contributed by atoms with Crippen molar-refractivity contribution in [2.45, 2.75) is 53.0 Å². The predicted molar refractivity (Wildman–Crippen MR) is 114 cm³/mol. The largest absolute Gasteiger partial charge is 0.339 e. The van der Waals surface area contributed by atoms with E-state index in [2.05, 4.69) is 36.5 Å². The van der Waals surface area contributed by atoms with Crippen molar-refractivity contribution < 1.29 is 4.79 Å². The number of likely N-dealkylation sites (tertiary alicyclic amines) is 1. The Bertz CT molecular complexity index is 1020. The molecule has 0 N–H and O–H groups in total. The van der Waals surface area contributed by atoms with Crippen LogP contribution in [0.1, 0.15) is 59.9 Å². The lowest BCUT2D eigenvalue weighted by atomic mass is 9.90. The van der Waals surface area contributed by atoms with E-state index in [1.807, 2.05) is 11.8 Å². The number of nitrogens with zero attached hydrogens (tertiary/aromatic N) is 5. The Morgan fingerprint density at radius 3 is 2.52 bits per heavy atom. The van der Waals surface area contributed by atoms with Crippen molar-refractivity contribution in [2.75, 3.05) is 13.1 Å². The molecule has 1 amide bonds. The SMILES string of the molecule is Cc1cc(C)c2c(C3CCN(C(=O)c4ccncc4)CC3)nn(CC(C)C)c2n1. The first-order chi connectivity index (χ1) is 13.9. The highest BCUT2D eigenvalue weighted by atomic mass is 16.2. The summed E-state index contributed by atoms with van der Waals surface area (Å²) in [5.74, 6) is 0.957. The van der Waals surface area contributed by atoms with E-state index < -0.39 is 0 Å². The molecule has 6 nitrogen and oxygen atoms in total. The van der Waals surface area contributed by atoms with Crippen LogP contribution >= 0.6 is 0 Å². The topological polar surface area (TPSA) is 63.9 Å². The van der Waals surface area contributed by atoms with Crippen LogP contribution < -0.4 is 0 Å². The normalized spacial score (nSPS) is 15.4. The zero-order valence-corrected chi connectivity index (χ0v) is 17.7. The highest BCUT2D eigenvalue weighted by molar-refractivity contribution is 5.94. The van der Waals surface area contributed by atoms with Gasteiger partial charge in [-0.05, 0) is 56.4 Å². The maximum atomic E-state index is 12.7. The van der Waals surface area contributed by atoms with E-state index in [0.717, 1.165) is 49.5 Å². The molecule has 3 aromatic heterocycles. The van der Waals surface area contributed by atoms with Gasteiger partial charge in [-0.15, -0.1) is 0 Å². The minimum absolute atomic E-state index is 0.0921. The molecule has 0 spiro atoms. The van der Waals surface area contributed by atoms with Gasteiger partial charge in [0.2, 0.25) is 0 Å². The summed E-state index contributed by atoms with van der Waals surface area (Å²) in [6.45, 7) is 11.0. The molecule has 0 bridgehead atoms. The van der Waals surface area contributed by atoms with E-state index in [-0.39, 0.29) is 5.91 Å². The molecule has 1 saturated heterocycles. The van der Waals surface area contributed by atoms with Crippen LogP contribution in [0.25, 0.3) is 11.0 Å². The average molecular weight is 392 g/mol. The van der Waals surface area contributed by atoms with Crippen molar-refractivity contribution >= 4 is 16.9 Å². The van der Waals surface area contributed by atoms with Gasteiger partial charge in [-0.1, -0.05) is 13.8 Å². The van der Waals surface area contributed by atoms with Gasteiger partial charge in [-0.25, -0.2) is 9.67 Å². The van der Waals surface area contributed by atoms with E-state index in [0.29, 0.717) is 17.4 Å². The number of hydrogen-bond acceptors (Lipinski definition) is 4. The first kappa shape index (κ1) is 19.6. The number of piperidine rings is 1. The molecule has 0 aromatic carbocycles. The number of rotatable bonds is 4. The first-order valence-corrected chi connectivity index (χ1v) is 10.5. The summed E-state index contributed by atoms with van der Waals surface area (Å²) in [6, 6.07) is 5.72. The molecule has 0 unspecified atom stereocenters. The second kappa shape index (κ2) is 7.93. The van der Waals surface area contributed by atoms with Crippen molar-refractivity contribution in [1.82, 2.24) is 24.6 Å². The van der Waals surface area contributed by atoms with Gasteiger partial charge in [0, 0.05) is 54.6 Å². The molecule has 29 heavy (non-hydrogen) atoms. The van der Waals surface area contributed by atoms with Gasteiger partial charge < -0.3 is 4.90 Å². The van der Waals surface area contributed by atoms with Crippen LogP contribution in [0, 0.1) is 19.8 Å². The summed E-state index contributed by atoms with van der Waals surface area (Å²) in [6.07, 6.45) is 5.20. The zero-order valence-electron chi connectivity index (χ0n) is 17.7. The van der Waals surface area contributed by atoms with E-state index in [9.17, 15) is 4.79 Å². The minimum Gasteiger partial charge on any atom is -0.339 e. The predicted octanol–water partition coefficient (Wildman–Crippen LogP) is 4.12. The minimum atomic E-state index is 0.0921. The maximum Gasteiger partial charge on any atom is 0.253 e. The second-order valence-electron chi connectivity index (χ2n) is 8.54. The molecule has 0 radical (unpaired) electrons. The van der Waals surface area contributed by atoms with Gasteiger partial charge in [0.1, 0.15) is 0 Å². The molecule has 1 aliphatic rings. The quantitative estimate of drug-likeness (QED) is 0.671. The molecule has 0 atom stereocenters. The van der Waals surface area contributed by atoms with E-state index in [1.54, 1.807) is 24.5 Å². The number of carbonyl (C=O) groups is 1. The zero-order chi connectivity index (χ0) is 20.5. The summed E-state index contributed by atoms with van der Waals surface area (Å²) in [7, 11) is 0. The third-order valence-corrected chi connectivity index (χ3v) is 5.69. The Hall–Kier alpha value is -2.76. The molecule has 4 rings (SSSR count). The third-order valence-electron chi connectivity index (χ3n) is 5.69. The number of fused-ring (bicyclic) bond motifs is 1. The summed E-state index contributed by atoms with van der Waals surface area (Å²) in [5.41, 5.74) is 5.14. The molecule has 0 saturated carbocycles. The van der Waals surface area contributed by atoms with E-state index in [1.165, 1.54) is 10.9 Å². The Labute approximate surface area is 172 Å². The van der Waals surface area contributed by atoms with Crippen molar-refractivity contribution in [3.05, 3.63) is 53.1 Å². The highest BCUT2D eigenvalue weighted by Gasteiger charge is 2.29. The lowest BCUT2D eigenvalue weighted by Crippen LogP contribution is -2.38. The number of hydrogen-bond donors (Lipinski definition) is 0. The van der Waals surface area contributed by atoms with Crippen LogP contribution in [0.3, 0.4) is 0 Å². The van der Waals surface area contributed by atoms with Crippen LogP contribution in [0.4, 0.5) is 0 Å². The number of amides is 1. The van der Waals surface area contributed by atoms with Gasteiger partial charge in [-0.2, -0.15) is 5.10 Å². The molecular weight excluding hydrogens is 362 g/mol. The molecule has 0 aliphatic carbocycles. The van der Waals surface area contributed by atoms with Crippen LogP contribution in [-0.2, 0) is 6.54 Å². The third kappa shape index (κ3) is 3.88. The van der Waals surface area contributed by atoms with E-state index in [4.69, 9.17) is 10.1 Å². The van der Waals surface area contributed by atoms with Gasteiger partial charge in [0.15, 0.2) is 5.65 Å². The van der Waals surface area contributed by atoms with Crippen LogP contribution in [-0.4, -0.2) is 43.6 Å². The average Bonchev–Trinajstić information content (AvgIpc) is 3.06. The second-order valence-corrected chi connectivity index (χ2v) is 8.54. The molecular formula is C23H29N5O. The molecule has 152 valence electrons. The number of pyridine rings is 2. The first-order valence-electron chi connectivity index (χ1n) is 10.5. The summed E-state index contributed by atoms with van der Waals surface area (Å²) < 4.78 is 2.09. The van der Waals surface area contributed by atoms with E-state index >= 15 is 0 Å². The van der Waals surface area contributed by atoms with Crippen LogP contribution in [0.15, 0.2) is 30.6 Å². The van der Waals surface area contributed by atoms with Gasteiger partial charge in [0.25, 0.3) is 5.91 Å². The summed E-state index contributed by atoms with van der Waals surface area (Å²) >= 11 is 0. The number of aryl methyl sites for hydroxylation is 2. The molecule has 4 heterocycles. The van der Waals surface area contributed by atoms with Crippen molar-refractivity contribution in [3.8, 4) is 0 Å². The fourth-order valence-corrected chi connectivity index (χ4v) is 4.34. The number of carbonyl (C=O) groups excluding carboxylic acids is 1. The molecule has 3 aromatic rings. The lowest BCUT2D eigenvalue weighted by Gasteiger charge is -2.31. The van der Waals surface area contributed by atoms with Gasteiger partial charge >= 0.3 is 0 Å². The Kier molecular flexibility index (Phi) is 5.35. The molecule has 1 aliphatic heterocycles. The standard InChI is InChI=1S/C23H29N5O/c1-15(2)14-28-22-20(16(3)13-17(4)25-22)21(26-28)18-7-11-27(12-8-18)23(29)19-5-9-24-10-6-19/h5-6,9-10,13,15,18H,7-8,11-12,14H2,1-4H3. The Morgan fingerprint density at radius 1 is 1.17 bits per heavy atom. The molecule has 1 fully saturated rings. The Balaban J connectivity index is 1.59. The van der Waals surface area contributed by atoms with Crippen LogP contribution in [0.2, 0.25) is 0 Å². The maximum absolute atomic E-state index is 12.7. The molecule has 6 heteroatoms. The van der Waals surface area contributed by atoms with Crippen molar-refractivity contribution in [2.24, 2.45) is 5.92 Å². The van der Waals surface area contributed by atoms with Crippen molar-refractivity contribution in [1.29, 1.82) is 0 Å². The fourth-order valence-electron chi connectivity index (χ4n) is 4.34. The smallest absolute Gasteiger partial charge is 0.253 e. The highest BCUT2D eigenvalue weighted by Crippen LogP contribution is 2.34. The summed E-state index contributed by atoms with van der Waals surface area (Å²) in [5, 5.41) is 6.23. The fraction of sp³-hybridized carbons (Fsp3) is 0.478. The summed E-state index contributed by atoms with van der Waals surface area (Å²) in [4.78, 5) is 23.5. The Morgan fingerprint density at radius 2 is 1.86 bits per heavy atom. The van der Waals surface area contributed by atoms with Gasteiger partial charge in [0.05, 0.1) is 5.69 Å². The lowest BCUT2D eigenvalue weighted by molar-refractivity contribution is 0.0712. The van der Waals surface area contributed by atoms with Gasteiger partial charge in [-0.3, -0.25) is 9.78 Å². The number of aromatic nitrogens is 4. The monoisotopic (exact) mass is 391 g/mol. The van der Waals surface area contributed by atoms with Crippen molar-refractivity contribution in [3.63, 3.8) is 0 Å².